The minimum absolute atomic E-state index is 0.119. The van der Waals surface area contributed by atoms with E-state index in [0.717, 1.165) is 36.0 Å². The molecule has 1 fully saturated rings. The summed E-state index contributed by atoms with van der Waals surface area (Å²) in [5.41, 5.74) is 3.29. The summed E-state index contributed by atoms with van der Waals surface area (Å²) in [7, 11) is 0. The second kappa shape index (κ2) is 8.82. The van der Waals surface area contributed by atoms with Gasteiger partial charge in [0.05, 0.1) is 17.4 Å². The van der Waals surface area contributed by atoms with Crippen molar-refractivity contribution in [3.63, 3.8) is 0 Å². The molecule has 6 heteroatoms. The Morgan fingerprint density at radius 3 is 2.48 bits per heavy atom. The molecule has 4 rings (SSSR count). The lowest BCUT2D eigenvalue weighted by Crippen LogP contribution is -2.30. The fourth-order valence-electron chi connectivity index (χ4n) is 3.53. The second-order valence-corrected chi connectivity index (χ2v) is 7.32. The van der Waals surface area contributed by atoms with Crippen LogP contribution in [0.3, 0.4) is 0 Å². The van der Waals surface area contributed by atoms with Crippen LogP contribution >= 0.6 is 0 Å². The number of anilines is 1. The maximum absolute atomic E-state index is 12.6. The highest BCUT2D eigenvalue weighted by Crippen LogP contribution is 2.22. The van der Waals surface area contributed by atoms with Gasteiger partial charge in [-0.3, -0.25) is 9.78 Å². The normalized spacial score (nSPS) is 15.0. The van der Waals surface area contributed by atoms with Crippen LogP contribution in [0.25, 0.3) is 11.3 Å². The van der Waals surface area contributed by atoms with Gasteiger partial charge in [0.1, 0.15) is 0 Å². The van der Waals surface area contributed by atoms with Gasteiger partial charge in [-0.15, -0.1) is 0 Å². The zero-order chi connectivity index (χ0) is 20.1. The van der Waals surface area contributed by atoms with Crippen LogP contribution < -0.4 is 10.2 Å². The number of hydrogen-bond acceptors (Lipinski definition) is 5. The van der Waals surface area contributed by atoms with E-state index in [2.05, 4.69) is 20.2 Å². The second-order valence-electron chi connectivity index (χ2n) is 7.32. The van der Waals surface area contributed by atoms with Gasteiger partial charge < -0.3 is 10.2 Å². The van der Waals surface area contributed by atoms with Gasteiger partial charge in [-0.1, -0.05) is 18.2 Å². The summed E-state index contributed by atoms with van der Waals surface area (Å²) in [6.45, 7) is 3.95. The minimum Gasteiger partial charge on any atom is -0.344 e. The number of carbonyl (C=O) groups excluding carboxylic acids is 1. The third kappa shape index (κ3) is 4.59. The molecule has 29 heavy (non-hydrogen) atoms. The molecular weight excluding hydrogens is 362 g/mol. The molecule has 148 valence electrons. The van der Waals surface area contributed by atoms with Crippen molar-refractivity contribution in [2.24, 2.45) is 0 Å². The van der Waals surface area contributed by atoms with Crippen LogP contribution in [0.2, 0.25) is 0 Å². The Morgan fingerprint density at radius 1 is 0.966 bits per heavy atom. The van der Waals surface area contributed by atoms with Crippen molar-refractivity contribution in [1.82, 2.24) is 20.3 Å². The fraction of sp³-hybridized carbons (Fsp3) is 0.304. The molecule has 0 unspecified atom stereocenters. The Bertz CT molecular complexity index is 953. The maximum Gasteiger partial charge on any atom is 0.251 e. The van der Waals surface area contributed by atoms with Gasteiger partial charge in [-0.25, -0.2) is 9.97 Å². The van der Waals surface area contributed by atoms with E-state index in [1.165, 1.54) is 19.3 Å². The smallest absolute Gasteiger partial charge is 0.251 e. The summed E-state index contributed by atoms with van der Waals surface area (Å²) in [6, 6.07) is 15.0. The van der Waals surface area contributed by atoms with E-state index in [0.29, 0.717) is 5.56 Å². The van der Waals surface area contributed by atoms with Crippen LogP contribution in [0.1, 0.15) is 48.3 Å². The van der Waals surface area contributed by atoms with Crippen molar-refractivity contribution in [2.45, 2.75) is 32.2 Å². The van der Waals surface area contributed by atoms with E-state index in [9.17, 15) is 4.79 Å². The highest BCUT2D eigenvalue weighted by molar-refractivity contribution is 5.94. The van der Waals surface area contributed by atoms with E-state index in [1.807, 2.05) is 55.5 Å². The van der Waals surface area contributed by atoms with Gasteiger partial charge in [0.25, 0.3) is 5.91 Å². The molecule has 6 nitrogen and oxygen atoms in total. The molecule has 0 radical (unpaired) electrons. The SMILES string of the molecule is C[C@@H](NC(=O)c1ccc(-c2ccnc(N3CCCCC3)n2)cc1)c1ccccn1. The van der Waals surface area contributed by atoms with Crippen LogP contribution in [-0.4, -0.2) is 33.9 Å². The molecule has 1 atom stereocenters. The Kier molecular flexibility index (Phi) is 5.79. The number of benzene rings is 1. The number of hydrogen-bond donors (Lipinski definition) is 1. The monoisotopic (exact) mass is 387 g/mol. The Labute approximate surface area is 171 Å². The number of rotatable bonds is 5. The van der Waals surface area contributed by atoms with Gasteiger partial charge in [0.2, 0.25) is 5.95 Å². The first-order valence-electron chi connectivity index (χ1n) is 10.1. The first-order chi connectivity index (χ1) is 14.2. The fourth-order valence-corrected chi connectivity index (χ4v) is 3.53. The van der Waals surface area contributed by atoms with E-state index >= 15 is 0 Å². The Hall–Kier alpha value is -3.28. The van der Waals surface area contributed by atoms with Crippen LogP contribution in [0.15, 0.2) is 60.9 Å². The molecule has 1 amide bonds. The predicted molar refractivity (Wildman–Crippen MR) is 114 cm³/mol. The van der Waals surface area contributed by atoms with Gasteiger partial charge in [0, 0.05) is 36.6 Å². The van der Waals surface area contributed by atoms with Crippen molar-refractivity contribution >= 4 is 11.9 Å². The van der Waals surface area contributed by atoms with E-state index in [-0.39, 0.29) is 11.9 Å². The maximum atomic E-state index is 12.6. The molecule has 3 aromatic rings. The average molecular weight is 387 g/mol. The predicted octanol–water partition coefficient (Wildman–Crippen LogP) is 4.02. The highest BCUT2D eigenvalue weighted by atomic mass is 16.1. The molecule has 0 spiro atoms. The number of piperidine rings is 1. The lowest BCUT2D eigenvalue weighted by Gasteiger charge is -2.26. The molecule has 1 N–H and O–H groups in total. The van der Waals surface area contributed by atoms with Crippen LogP contribution in [0.5, 0.6) is 0 Å². The van der Waals surface area contributed by atoms with Crippen molar-refractivity contribution < 1.29 is 4.79 Å². The Balaban J connectivity index is 1.45. The number of nitrogens with one attached hydrogen (secondary N) is 1. The minimum atomic E-state index is -0.155. The molecule has 0 saturated carbocycles. The summed E-state index contributed by atoms with van der Waals surface area (Å²) in [5.74, 6) is 0.666. The quantitative estimate of drug-likeness (QED) is 0.716. The van der Waals surface area contributed by atoms with Gasteiger partial charge >= 0.3 is 0 Å². The molecule has 2 aromatic heterocycles. The summed E-state index contributed by atoms with van der Waals surface area (Å²) in [4.78, 5) is 28.3. The van der Waals surface area contributed by atoms with E-state index in [4.69, 9.17) is 4.98 Å². The first kappa shape index (κ1) is 19.1. The van der Waals surface area contributed by atoms with Crippen LogP contribution in [0, 0.1) is 0 Å². The number of amides is 1. The standard InChI is InChI=1S/C23H25N5O/c1-17(20-7-3-4-13-24-20)26-22(29)19-10-8-18(9-11-19)21-12-14-25-23(27-21)28-15-5-2-6-16-28/h3-4,7-14,17H,2,5-6,15-16H2,1H3,(H,26,29)/t17-/m1/s1. The summed E-state index contributed by atoms with van der Waals surface area (Å²) in [6.07, 6.45) is 7.19. The van der Waals surface area contributed by atoms with E-state index < -0.39 is 0 Å². The number of nitrogens with zero attached hydrogens (tertiary/aromatic N) is 4. The van der Waals surface area contributed by atoms with Crippen molar-refractivity contribution in [3.05, 3.63) is 72.2 Å². The average Bonchev–Trinajstić information content (AvgIpc) is 2.80. The highest BCUT2D eigenvalue weighted by Gasteiger charge is 2.15. The molecule has 1 aliphatic heterocycles. The summed E-state index contributed by atoms with van der Waals surface area (Å²) in [5, 5.41) is 2.99. The molecule has 3 heterocycles. The molecule has 1 aliphatic rings. The van der Waals surface area contributed by atoms with Crippen LogP contribution in [-0.2, 0) is 0 Å². The van der Waals surface area contributed by atoms with Crippen molar-refractivity contribution in [1.29, 1.82) is 0 Å². The number of aromatic nitrogens is 3. The number of carbonyl (C=O) groups is 1. The third-order valence-electron chi connectivity index (χ3n) is 5.20. The number of pyridine rings is 1. The summed E-state index contributed by atoms with van der Waals surface area (Å²) < 4.78 is 0. The van der Waals surface area contributed by atoms with Crippen LogP contribution in [0.4, 0.5) is 5.95 Å². The zero-order valence-corrected chi connectivity index (χ0v) is 16.6. The molecule has 1 aromatic carbocycles. The first-order valence-corrected chi connectivity index (χ1v) is 10.1. The van der Waals surface area contributed by atoms with Crippen molar-refractivity contribution in [2.75, 3.05) is 18.0 Å². The van der Waals surface area contributed by atoms with Crippen molar-refractivity contribution in [3.8, 4) is 11.3 Å². The van der Waals surface area contributed by atoms with Gasteiger partial charge in [-0.2, -0.15) is 0 Å². The topological polar surface area (TPSA) is 71.0 Å². The van der Waals surface area contributed by atoms with Gasteiger partial charge in [-0.05, 0) is 56.5 Å². The summed E-state index contributed by atoms with van der Waals surface area (Å²) >= 11 is 0. The molecule has 0 aliphatic carbocycles. The lowest BCUT2D eigenvalue weighted by atomic mass is 10.1. The largest absolute Gasteiger partial charge is 0.344 e. The molecule has 1 saturated heterocycles. The Morgan fingerprint density at radius 2 is 1.76 bits per heavy atom. The molecule has 0 bridgehead atoms. The third-order valence-corrected chi connectivity index (χ3v) is 5.20. The molecular formula is C23H25N5O. The zero-order valence-electron chi connectivity index (χ0n) is 16.6. The van der Waals surface area contributed by atoms with E-state index in [1.54, 1.807) is 12.4 Å². The van der Waals surface area contributed by atoms with Gasteiger partial charge in [0.15, 0.2) is 0 Å². The lowest BCUT2D eigenvalue weighted by molar-refractivity contribution is 0.0939.